The van der Waals surface area contributed by atoms with Gasteiger partial charge in [-0.3, -0.25) is 4.79 Å². The van der Waals surface area contributed by atoms with Gasteiger partial charge in [0.25, 0.3) is 0 Å². The van der Waals surface area contributed by atoms with E-state index in [-0.39, 0.29) is 30.5 Å². The molecule has 130 valence electrons. The maximum Gasteiger partial charge on any atom is 0.241 e. The van der Waals surface area contributed by atoms with Gasteiger partial charge in [0, 0.05) is 23.5 Å². The molecule has 0 aliphatic heterocycles. The largest absolute Gasteiger partial charge is 0.378 e. The van der Waals surface area contributed by atoms with Gasteiger partial charge in [-0.25, -0.2) is 0 Å². The number of carbonyl (C=O) groups excluding carboxylic acids is 1. The summed E-state index contributed by atoms with van der Waals surface area (Å²) in [7, 11) is 0. The molecule has 3 N–H and O–H groups in total. The highest BCUT2D eigenvalue weighted by Crippen LogP contribution is 2.50. The van der Waals surface area contributed by atoms with Crippen molar-refractivity contribution in [3.8, 4) is 0 Å². The molecular formula is C17H26Cl2N2O2. The molecule has 1 aromatic rings. The highest BCUT2D eigenvalue weighted by molar-refractivity contribution is 6.31. The van der Waals surface area contributed by atoms with Crippen LogP contribution in [0.5, 0.6) is 0 Å². The standard InChI is InChI=1S/C17H25ClN2O2.ClH/c1-5-22-14-10-17(19,16(14,3)4)15(21)20-11(2)12-8-6-7-9-13(12)18;/h6-9,11,14H,5,10,19H2,1-4H3,(H,20,21);1H. The number of hydrogen-bond acceptors (Lipinski definition) is 3. The molecule has 23 heavy (non-hydrogen) atoms. The summed E-state index contributed by atoms with van der Waals surface area (Å²) in [6, 6.07) is 7.30. The normalized spacial score (nSPS) is 26.6. The molecule has 1 saturated carbocycles. The smallest absolute Gasteiger partial charge is 0.241 e. The van der Waals surface area contributed by atoms with Gasteiger partial charge in [0.1, 0.15) is 5.54 Å². The molecule has 2 rings (SSSR count). The molecule has 0 aromatic heterocycles. The third-order valence-corrected chi connectivity index (χ3v) is 5.30. The number of halogens is 2. The molecule has 0 spiro atoms. The zero-order valence-electron chi connectivity index (χ0n) is 14.1. The molecule has 6 heteroatoms. The van der Waals surface area contributed by atoms with Gasteiger partial charge in [0.05, 0.1) is 12.1 Å². The van der Waals surface area contributed by atoms with Crippen LogP contribution in [-0.2, 0) is 9.53 Å². The first-order valence-corrected chi connectivity index (χ1v) is 8.07. The second-order valence-corrected chi connectivity index (χ2v) is 6.97. The van der Waals surface area contributed by atoms with Crippen molar-refractivity contribution in [1.82, 2.24) is 5.32 Å². The highest BCUT2D eigenvalue weighted by Gasteiger charge is 2.62. The molecule has 1 amide bonds. The maximum atomic E-state index is 12.7. The summed E-state index contributed by atoms with van der Waals surface area (Å²) in [5.74, 6) is -0.152. The summed E-state index contributed by atoms with van der Waals surface area (Å²) in [5.41, 5.74) is 5.96. The Bertz CT molecular complexity index is 565. The number of carbonyl (C=O) groups is 1. The Morgan fingerprint density at radius 1 is 1.48 bits per heavy atom. The van der Waals surface area contributed by atoms with Gasteiger partial charge >= 0.3 is 0 Å². The number of hydrogen-bond donors (Lipinski definition) is 2. The van der Waals surface area contributed by atoms with Crippen LogP contribution in [0.1, 0.15) is 45.7 Å². The molecule has 0 heterocycles. The third-order valence-electron chi connectivity index (χ3n) is 4.95. The lowest BCUT2D eigenvalue weighted by atomic mass is 9.54. The summed E-state index contributed by atoms with van der Waals surface area (Å²) in [4.78, 5) is 12.7. The Morgan fingerprint density at radius 2 is 2.09 bits per heavy atom. The van der Waals surface area contributed by atoms with Crippen molar-refractivity contribution in [3.63, 3.8) is 0 Å². The number of nitrogens with two attached hydrogens (primary N) is 1. The molecule has 1 aliphatic rings. The zero-order valence-corrected chi connectivity index (χ0v) is 15.6. The van der Waals surface area contributed by atoms with Crippen LogP contribution in [0.3, 0.4) is 0 Å². The first-order chi connectivity index (χ1) is 10.2. The van der Waals surface area contributed by atoms with E-state index in [1.807, 2.05) is 52.0 Å². The minimum absolute atomic E-state index is 0. The van der Waals surface area contributed by atoms with Gasteiger partial charge < -0.3 is 15.8 Å². The van der Waals surface area contributed by atoms with Gasteiger partial charge in [0.15, 0.2) is 0 Å². The minimum atomic E-state index is -0.914. The molecule has 1 aliphatic carbocycles. The van der Waals surface area contributed by atoms with E-state index in [9.17, 15) is 4.79 Å². The topological polar surface area (TPSA) is 64.3 Å². The van der Waals surface area contributed by atoms with Gasteiger partial charge in [-0.15, -0.1) is 12.4 Å². The molecule has 0 bridgehead atoms. The molecule has 3 atom stereocenters. The summed E-state index contributed by atoms with van der Waals surface area (Å²) in [6.45, 7) is 8.45. The van der Waals surface area contributed by atoms with Gasteiger partial charge in [0.2, 0.25) is 5.91 Å². The number of ether oxygens (including phenoxy) is 1. The third kappa shape index (κ3) is 3.50. The lowest BCUT2D eigenvalue weighted by Gasteiger charge is -2.57. The molecule has 3 unspecified atom stereocenters. The van der Waals surface area contributed by atoms with Gasteiger partial charge in [-0.2, -0.15) is 0 Å². The monoisotopic (exact) mass is 360 g/mol. The zero-order chi connectivity index (χ0) is 16.5. The average Bonchev–Trinajstić information content (AvgIpc) is 2.47. The lowest BCUT2D eigenvalue weighted by Crippen LogP contribution is -2.75. The van der Waals surface area contributed by atoms with Crippen molar-refractivity contribution in [2.75, 3.05) is 6.61 Å². The fraction of sp³-hybridized carbons (Fsp3) is 0.588. The van der Waals surface area contributed by atoms with E-state index in [4.69, 9.17) is 22.1 Å². The van der Waals surface area contributed by atoms with E-state index in [1.165, 1.54) is 0 Å². The molecular weight excluding hydrogens is 335 g/mol. The Balaban J connectivity index is 0.00000264. The van der Waals surface area contributed by atoms with Crippen LogP contribution >= 0.6 is 24.0 Å². The van der Waals surface area contributed by atoms with Crippen LogP contribution < -0.4 is 11.1 Å². The summed E-state index contributed by atoms with van der Waals surface area (Å²) >= 11 is 6.18. The molecule has 1 fully saturated rings. The van der Waals surface area contributed by atoms with Crippen molar-refractivity contribution >= 4 is 29.9 Å². The molecule has 0 saturated heterocycles. The number of benzene rings is 1. The average molecular weight is 361 g/mol. The molecule has 0 radical (unpaired) electrons. The second-order valence-electron chi connectivity index (χ2n) is 6.56. The first kappa shape index (κ1) is 20.2. The van der Waals surface area contributed by atoms with Crippen LogP contribution in [0, 0.1) is 5.41 Å². The van der Waals surface area contributed by atoms with E-state index in [1.54, 1.807) is 0 Å². The van der Waals surface area contributed by atoms with Crippen molar-refractivity contribution in [1.29, 1.82) is 0 Å². The Morgan fingerprint density at radius 3 is 2.61 bits per heavy atom. The van der Waals surface area contributed by atoms with Crippen molar-refractivity contribution < 1.29 is 9.53 Å². The molecule has 1 aromatic carbocycles. The van der Waals surface area contributed by atoms with E-state index < -0.39 is 11.0 Å². The highest BCUT2D eigenvalue weighted by atomic mass is 35.5. The molecule has 4 nitrogen and oxygen atoms in total. The predicted molar refractivity (Wildman–Crippen MR) is 96.0 cm³/mol. The first-order valence-electron chi connectivity index (χ1n) is 7.70. The predicted octanol–water partition coefficient (Wildman–Crippen LogP) is 3.47. The van der Waals surface area contributed by atoms with E-state index in [0.717, 1.165) is 5.56 Å². The fourth-order valence-corrected chi connectivity index (χ4v) is 3.35. The Hall–Kier alpha value is -0.810. The van der Waals surface area contributed by atoms with Crippen molar-refractivity contribution in [2.45, 2.75) is 51.8 Å². The van der Waals surface area contributed by atoms with Gasteiger partial charge in [-0.05, 0) is 25.5 Å². The van der Waals surface area contributed by atoms with E-state index in [2.05, 4.69) is 5.32 Å². The van der Waals surface area contributed by atoms with E-state index in [0.29, 0.717) is 18.1 Å². The number of amides is 1. The van der Waals surface area contributed by atoms with Crippen molar-refractivity contribution in [3.05, 3.63) is 34.9 Å². The van der Waals surface area contributed by atoms with Crippen LogP contribution in [-0.4, -0.2) is 24.2 Å². The van der Waals surface area contributed by atoms with Gasteiger partial charge in [-0.1, -0.05) is 43.6 Å². The number of nitrogens with one attached hydrogen (secondary N) is 1. The van der Waals surface area contributed by atoms with Crippen LogP contribution in [0.4, 0.5) is 0 Å². The minimum Gasteiger partial charge on any atom is -0.378 e. The summed E-state index contributed by atoms with van der Waals surface area (Å²) in [6.07, 6.45) is 0.554. The lowest BCUT2D eigenvalue weighted by molar-refractivity contribution is -0.171. The van der Waals surface area contributed by atoms with E-state index >= 15 is 0 Å². The summed E-state index contributed by atoms with van der Waals surface area (Å²) < 4.78 is 5.67. The second kappa shape index (κ2) is 7.39. The van der Waals surface area contributed by atoms with Crippen LogP contribution in [0.25, 0.3) is 0 Å². The maximum absolute atomic E-state index is 12.7. The summed E-state index contributed by atoms with van der Waals surface area (Å²) in [5, 5.41) is 3.63. The van der Waals surface area contributed by atoms with Crippen LogP contribution in [0.15, 0.2) is 24.3 Å². The van der Waals surface area contributed by atoms with Crippen molar-refractivity contribution in [2.24, 2.45) is 11.1 Å². The fourth-order valence-electron chi connectivity index (χ4n) is 3.05. The Labute approximate surface area is 149 Å². The quantitative estimate of drug-likeness (QED) is 0.844. The number of rotatable bonds is 5. The van der Waals surface area contributed by atoms with Crippen LogP contribution in [0.2, 0.25) is 5.02 Å². The Kier molecular flexibility index (Phi) is 6.50. The SMILES string of the molecule is CCOC1CC(N)(C(=O)NC(C)c2ccccc2Cl)C1(C)C.Cl.